The fraction of sp³-hybridized carbons (Fsp3) is 0.300. The Kier molecular flexibility index (Phi) is 4.84. The van der Waals surface area contributed by atoms with Crippen LogP contribution in [0.2, 0.25) is 0 Å². The van der Waals surface area contributed by atoms with Gasteiger partial charge in [-0.1, -0.05) is 37.3 Å². The molecule has 6 heteroatoms. The summed E-state index contributed by atoms with van der Waals surface area (Å²) in [4.78, 5) is 24.6. The SMILES string of the molecule is CC[C@@H](NC(=O)Nc1cc2c(cc1C)n(C)c(=O)n2C)c1ccccc1. The minimum atomic E-state index is -0.260. The van der Waals surface area contributed by atoms with Gasteiger partial charge in [-0.25, -0.2) is 9.59 Å². The predicted octanol–water partition coefficient (Wildman–Crippen LogP) is 3.46. The Morgan fingerprint density at radius 2 is 1.69 bits per heavy atom. The second-order valence-electron chi connectivity index (χ2n) is 6.53. The van der Waals surface area contributed by atoms with Gasteiger partial charge in [-0.05, 0) is 36.6 Å². The topological polar surface area (TPSA) is 68.1 Å². The molecule has 0 saturated carbocycles. The molecular formula is C20H24N4O2. The molecule has 3 aromatic rings. The standard InChI is InChI=1S/C20H24N4O2/c1-5-15(14-9-7-6-8-10-14)21-19(25)22-16-12-18-17(11-13(16)2)23(3)20(26)24(18)4/h6-12,15H,5H2,1-4H3,(H2,21,22,25)/t15-/m1/s1. The van der Waals surface area contributed by atoms with E-state index in [9.17, 15) is 9.59 Å². The number of hydrogen-bond donors (Lipinski definition) is 2. The molecule has 0 bridgehead atoms. The van der Waals surface area contributed by atoms with Crippen LogP contribution >= 0.6 is 0 Å². The smallest absolute Gasteiger partial charge is 0.328 e. The fourth-order valence-electron chi connectivity index (χ4n) is 3.21. The number of aryl methyl sites for hydroxylation is 3. The highest BCUT2D eigenvalue weighted by Gasteiger charge is 2.15. The number of rotatable bonds is 4. The van der Waals surface area contributed by atoms with Crippen molar-refractivity contribution < 1.29 is 4.79 Å². The van der Waals surface area contributed by atoms with Gasteiger partial charge in [0.15, 0.2) is 0 Å². The van der Waals surface area contributed by atoms with Crippen LogP contribution in [0.15, 0.2) is 47.3 Å². The Hall–Kier alpha value is -3.02. The van der Waals surface area contributed by atoms with E-state index in [0.717, 1.165) is 28.6 Å². The lowest BCUT2D eigenvalue weighted by Crippen LogP contribution is -2.32. The monoisotopic (exact) mass is 352 g/mol. The Balaban J connectivity index is 1.84. The summed E-state index contributed by atoms with van der Waals surface area (Å²) in [5.41, 5.74) is 4.21. The number of amides is 2. The molecule has 2 N–H and O–H groups in total. The lowest BCUT2D eigenvalue weighted by molar-refractivity contribution is 0.248. The summed E-state index contributed by atoms with van der Waals surface area (Å²) in [5, 5.41) is 5.93. The summed E-state index contributed by atoms with van der Waals surface area (Å²) in [6, 6.07) is 13.3. The van der Waals surface area contributed by atoms with Crippen LogP contribution < -0.4 is 16.3 Å². The Morgan fingerprint density at radius 3 is 2.31 bits per heavy atom. The first-order valence-electron chi connectivity index (χ1n) is 8.71. The summed E-state index contributed by atoms with van der Waals surface area (Å²) >= 11 is 0. The number of aromatic nitrogens is 2. The summed E-state index contributed by atoms with van der Waals surface area (Å²) in [6.45, 7) is 3.95. The molecule has 6 nitrogen and oxygen atoms in total. The third-order valence-electron chi connectivity index (χ3n) is 4.78. The van der Waals surface area contributed by atoms with E-state index in [2.05, 4.69) is 10.6 Å². The number of benzene rings is 2. The maximum Gasteiger partial charge on any atom is 0.328 e. The molecule has 1 heterocycles. The van der Waals surface area contributed by atoms with Crippen molar-refractivity contribution in [3.63, 3.8) is 0 Å². The van der Waals surface area contributed by atoms with Crippen molar-refractivity contribution in [1.29, 1.82) is 0 Å². The number of nitrogens with zero attached hydrogens (tertiary/aromatic N) is 2. The van der Waals surface area contributed by atoms with Gasteiger partial charge < -0.3 is 10.6 Å². The van der Waals surface area contributed by atoms with Gasteiger partial charge in [0.05, 0.1) is 17.1 Å². The maximum absolute atomic E-state index is 12.5. The Morgan fingerprint density at radius 1 is 1.08 bits per heavy atom. The van der Waals surface area contributed by atoms with Crippen molar-refractivity contribution in [1.82, 2.24) is 14.5 Å². The third kappa shape index (κ3) is 3.22. The minimum absolute atomic E-state index is 0.0543. The van der Waals surface area contributed by atoms with E-state index in [-0.39, 0.29) is 17.8 Å². The van der Waals surface area contributed by atoms with Crippen LogP contribution in [-0.2, 0) is 14.1 Å². The minimum Gasteiger partial charge on any atom is -0.331 e. The quantitative estimate of drug-likeness (QED) is 0.755. The van der Waals surface area contributed by atoms with Gasteiger partial charge >= 0.3 is 11.7 Å². The maximum atomic E-state index is 12.5. The van der Waals surface area contributed by atoms with Crippen LogP contribution in [0, 0.1) is 6.92 Å². The van der Waals surface area contributed by atoms with Gasteiger partial charge in [0.25, 0.3) is 0 Å². The van der Waals surface area contributed by atoms with Crippen LogP contribution in [0.1, 0.15) is 30.5 Å². The molecule has 0 aliphatic heterocycles. The molecule has 0 fully saturated rings. The molecule has 26 heavy (non-hydrogen) atoms. The molecule has 0 saturated heterocycles. The normalized spacial score (nSPS) is 12.2. The third-order valence-corrected chi connectivity index (χ3v) is 4.78. The summed E-state index contributed by atoms with van der Waals surface area (Å²) < 4.78 is 3.19. The molecule has 0 aliphatic carbocycles. The largest absolute Gasteiger partial charge is 0.331 e. The zero-order valence-corrected chi connectivity index (χ0v) is 15.5. The van der Waals surface area contributed by atoms with Crippen molar-refractivity contribution in [2.75, 3.05) is 5.32 Å². The highest BCUT2D eigenvalue weighted by atomic mass is 16.2. The second-order valence-corrected chi connectivity index (χ2v) is 6.53. The molecule has 0 radical (unpaired) electrons. The molecule has 0 aliphatic rings. The van der Waals surface area contributed by atoms with Crippen molar-refractivity contribution in [3.05, 3.63) is 64.1 Å². The second kappa shape index (κ2) is 7.07. The number of urea groups is 1. The molecular weight excluding hydrogens is 328 g/mol. The first-order valence-corrected chi connectivity index (χ1v) is 8.71. The highest BCUT2D eigenvalue weighted by molar-refractivity contribution is 5.93. The molecule has 1 atom stereocenters. The van der Waals surface area contributed by atoms with E-state index in [1.165, 1.54) is 0 Å². The summed E-state index contributed by atoms with van der Waals surface area (Å²) in [7, 11) is 3.47. The number of hydrogen-bond acceptors (Lipinski definition) is 2. The van der Waals surface area contributed by atoms with Gasteiger partial charge in [0, 0.05) is 19.8 Å². The molecule has 2 aromatic carbocycles. The number of fused-ring (bicyclic) bond motifs is 1. The van der Waals surface area contributed by atoms with Crippen LogP contribution in [-0.4, -0.2) is 15.2 Å². The van der Waals surface area contributed by atoms with E-state index in [1.807, 2.05) is 56.3 Å². The van der Waals surface area contributed by atoms with Gasteiger partial charge in [0.1, 0.15) is 0 Å². The molecule has 0 unspecified atom stereocenters. The van der Waals surface area contributed by atoms with Crippen molar-refractivity contribution in [2.45, 2.75) is 26.3 Å². The zero-order chi connectivity index (χ0) is 18.8. The van der Waals surface area contributed by atoms with Crippen molar-refractivity contribution in [3.8, 4) is 0 Å². The number of imidazole rings is 1. The zero-order valence-electron chi connectivity index (χ0n) is 15.5. The first-order chi connectivity index (χ1) is 12.4. The van der Waals surface area contributed by atoms with Crippen LogP contribution in [0.3, 0.4) is 0 Å². The summed E-state index contributed by atoms with van der Waals surface area (Å²) in [6.07, 6.45) is 0.794. The van der Waals surface area contributed by atoms with E-state index in [0.29, 0.717) is 5.69 Å². The van der Waals surface area contributed by atoms with Crippen LogP contribution in [0.5, 0.6) is 0 Å². The van der Waals surface area contributed by atoms with Gasteiger partial charge in [-0.15, -0.1) is 0 Å². The van der Waals surface area contributed by atoms with E-state index < -0.39 is 0 Å². The van der Waals surface area contributed by atoms with Crippen molar-refractivity contribution >= 4 is 22.8 Å². The molecule has 1 aromatic heterocycles. The van der Waals surface area contributed by atoms with Gasteiger partial charge in [-0.3, -0.25) is 9.13 Å². The highest BCUT2D eigenvalue weighted by Crippen LogP contribution is 2.23. The summed E-state index contributed by atoms with van der Waals surface area (Å²) in [5.74, 6) is 0. The van der Waals surface area contributed by atoms with Gasteiger partial charge in [0.2, 0.25) is 0 Å². The van der Waals surface area contributed by atoms with Gasteiger partial charge in [-0.2, -0.15) is 0 Å². The lowest BCUT2D eigenvalue weighted by atomic mass is 10.1. The first kappa shape index (κ1) is 17.8. The van der Waals surface area contributed by atoms with Crippen LogP contribution in [0.25, 0.3) is 11.0 Å². The predicted molar refractivity (Wildman–Crippen MR) is 105 cm³/mol. The van der Waals surface area contributed by atoms with E-state index in [4.69, 9.17) is 0 Å². The Bertz CT molecular complexity index is 1000. The van der Waals surface area contributed by atoms with Crippen LogP contribution in [0.4, 0.5) is 10.5 Å². The average Bonchev–Trinajstić information content (AvgIpc) is 2.85. The van der Waals surface area contributed by atoms with Crippen molar-refractivity contribution in [2.24, 2.45) is 14.1 Å². The number of anilines is 1. The lowest BCUT2D eigenvalue weighted by Gasteiger charge is -2.18. The fourth-order valence-corrected chi connectivity index (χ4v) is 3.21. The average molecular weight is 352 g/mol. The number of nitrogens with one attached hydrogen (secondary N) is 2. The number of carbonyl (C=O) groups is 1. The molecule has 3 rings (SSSR count). The Labute approximate surface area is 152 Å². The molecule has 0 spiro atoms. The molecule has 2 amide bonds. The van der Waals surface area contributed by atoms with E-state index >= 15 is 0 Å². The number of carbonyl (C=O) groups excluding carboxylic acids is 1. The molecule has 136 valence electrons. The van der Waals surface area contributed by atoms with E-state index in [1.54, 1.807) is 23.2 Å².